The summed E-state index contributed by atoms with van der Waals surface area (Å²) in [4.78, 5) is 50.5. The van der Waals surface area contributed by atoms with Crippen LogP contribution in [0.2, 0.25) is 0 Å². The number of aromatic nitrogens is 3. The number of morpholine rings is 1. The zero-order chi connectivity index (χ0) is 61.8. The first-order valence-electron chi connectivity index (χ1n) is 31.4. The van der Waals surface area contributed by atoms with Gasteiger partial charge in [0, 0.05) is 101 Å². The Morgan fingerprint density at radius 3 is 2.47 bits per heavy atom. The minimum Gasteiger partial charge on any atom is -0.493 e. The van der Waals surface area contributed by atoms with Gasteiger partial charge in [-0.25, -0.2) is 22.5 Å². The van der Waals surface area contributed by atoms with Crippen LogP contribution in [-0.4, -0.2) is 165 Å². The second kappa shape index (κ2) is 24.8. The average molecular weight is 1240 g/mol. The molecule has 2 saturated carbocycles. The Balaban J connectivity index is 0.751. The molecule has 22 nitrogen and oxygen atoms in total. The van der Waals surface area contributed by atoms with Crippen LogP contribution in [0.5, 0.6) is 17.4 Å². The van der Waals surface area contributed by atoms with Gasteiger partial charge in [-0.15, -0.1) is 0 Å². The third kappa shape index (κ3) is 12.5. The number of sulfonamides is 1. The number of nitrogens with zero attached hydrogens (tertiary/aromatic N) is 8. The number of carbonyl (C=O) groups excluding carboxylic acids is 1. The first-order chi connectivity index (χ1) is 42.9. The molecule has 0 radical (unpaired) electrons. The van der Waals surface area contributed by atoms with Crippen molar-refractivity contribution >= 4 is 61.2 Å². The number of nitro groups is 1. The molecule has 13 rings (SSSR count). The smallest absolute Gasteiger partial charge is 0.293 e. The molecular formula is C65H80FN11O11S. The van der Waals surface area contributed by atoms with E-state index >= 15 is 4.39 Å². The first kappa shape index (κ1) is 60.6. The summed E-state index contributed by atoms with van der Waals surface area (Å²) in [7, 11) is -3.00. The van der Waals surface area contributed by atoms with Crippen molar-refractivity contribution in [3.05, 3.63) is 118 Å². The van der Waals surface area contributed by atoms with Gasteiger partial charge in [-0.3, -0.25) is 24.7 Å². The van der Waals surface area contributed by atoms with Gasteiger partial charge in [-0.05, 0) is 144 Å². The third-order valence-corrected chi connectivity index (χ3v) is 20.9. The van der Waals surface area contributed by atoms with Crippen LogP contribution in [-0.2, 0) is 26.0 Å². The number of piperazine rings is 1. The molecule has 1 spiro atoms. The fourth-order valence-corrected chi connectivity index (χ4v) is 15.7. The Morgan fingerprint density at radius 2 is 1.71 bits per heavy atom. The molecule has 0 unspecified atom stereocenters. The first-order valence-corrected chi connectivity index (χ1v) is 32.9. The predicted molar refractivity (Wildman–Crippen MR) is 335 cm³/mol. The topological polar surface area (TPSA) is 243 Å². The highest BCUT2D eigenvalue weighted by atomic mass is 32.2. The lowest BCUT2D eigenvalue weighted by Gasteiger charge is -2.58. The van der Waals surface area contributed by atoms with Crippen molar-refractivity contribution in [3.8, 4) is 17.4 Å². The summed E-state index contributed by atoms with van der Waals surface area (Å²) in [5.41, 5.74) is 3.21. The minimum absolute atomic E-state index is 0.00714. The second-order valence-electron chi connectivity index (χ2n) is 25.9. The van der Waals surface area contributed by atoms with Crippen LogP contribution < -0.4 is 38.9 Å². The van der Waals surface area contributed by atoms with Gasteiger partial charge in [-0.2, -0.15) is 4.98 Å². The molecule has 3 aromatic heterocycles. The molecule has 474 valence electrons. The van der Waals surface area contributed by atoms with E-state index in [1.807, 2.05) is 29.3 Å². The van der Waals surface area contributed by atoms with E-state index < -0.39 is 55.0 Å². The Labute approximate surface area is 518 Å². The molecule has 2 aliphatic carbocycles. The number of fused-ring (bicyclic) bond motifs is 3. The van der Waals surface area contributed by atoms with Crippen molar-refractivity contribution in [3.63, 3.8) is 0 Å². The van der Waals surface area contributed by atoms with Gasteiger partial charge in [-0.1, -0.05) is 18.2 Å². The normalized spacial score (nSPS) is 24.2. The Hall–Kier alpha value is -7.35. The number of pyridine rings is 2. The van der Waals surface area contributed by atoms with E-state index in [0.717, 1.165) is 126 Å². The zero-order valence-electron chi connectivity index (χ0n) is 51.0. The largest absolute Gasteiger partial charge is 0.493 e. The average Bonchev–Trinajstić information content (AvgIpc) is 2.17. The van der Waals surface area contributed by atoms with Crippen LogP contribution in [0.3, 0.4) is 0 Å². The van der Waals surface area contributed by atoms with Crippen molar-refractivity contribution in [2.75, 3.05) is 106 Å². The number of piperidine rings is 1. The number of aliphatic hydroxyl groups is 1. The van der Waals surface area contributed by atoms with Gasteiger partial charge >= 0.3 is 0 Å². The van der Waals surface area contributed by atoms with Crippen LogP contribution in [0.25, 0.3) is 11.0 Å². The van der Waals surface area contributed by atoms with Gasteiger partial charge in [0.25, 0.3) is 21.6 Å². The Kier molecular flexibility index (Phi) is 16.9. The summed E-state index contributed by atoms with van der Waals surface area (Å²) in [6.45, 7) is 14.6. The van der Waals surface area contributed by atoms with Gasteiger partial charge < -0.3 is 53.8 Å². The number of nitro benzene ring substituents is 1. The highest BCUT2D eigenvalue weighted by Crippen LogP contribution is 2.54. The number of nitrogens with one attached hydrogen (secondary N) is 3. The number of halogens is 1. The van der Waals surface area contributed by atoms with Gasteiger partial charge in [0.05, 0.1) is 77.2 Å². The van der Waals surface area contributed by atoms with E-state index in [4.69, 9.17) is 33.7 Å². The summed E-state index contributed by atoms with van der Waals surface area (Å²) in [5, 5.41) is 26.3. The number of amides is 1. The zero-order valence-corrected chi connectivity index (χ0v) is 51.8. The number of hydrogen-bond acceptors (Lipinski definition) is 19. The van der Waals surface area contributed by atoms with Crippen molar-refractivity contribution in [2.45, 2.75) is 126 Å². The highest BCUT2D eigenvalue weighted by molar-refractivity contribution is 7.90. The predicted octanol–water partition coefficient (Wildman–Crippen LogP) is 9.11. The number of ether oxygens (including phenoxy) is 5. The molecule has 1 amide bonds. The van der Waals surface area contributed by atoms with E-state index in [2.05, 4.69) is 72.7 Å². The molecule has 8 heterocycles. The third-order valence-electron chi connectivity index (χ3n) is 19.6. The van der Waals surface area contributed by atoms with Gasteiger partial charge in [0.15, 0.2) is 11.6 Å². The van der Waals surface area contributed by atoms with Gasteiger partial charge in [0.1, 0.15) is 34.7 Å². The number of benzene rings is 3. The monoisotopic (exact) mass is 1240 g/mol. The molecular weight excluding hydrogens is 1160 g/mol. The summed E-state index contributed by atoms with van der Waals surface area (Å²) in [5.74, 6) is 1.40. The fourth-order valence-electron chi connectivity index (χ4n) is 14.7. The lowest BCUT2D eigenvalue weighted by molar-refractivity contribution is -0.384. The maximum absolute atomic E-state index is 15.5. The molecule has 89 heavy (non-hydrogen) atoms. The highest BCUT2D eigenvalue weighted by Gasteiger charge is 2.51. The van der Waals surface area contributed by atoms with E-state index in [-0.39, 0.29) is 58.2 Å². The molecule has 4 saturated heterocycles. The number of H-pyrrole nitrogens is 1. The number of rotatable bonds is 17. The molecule has 3 aromatic carbocycles. The van der Waals surface area contributed by atoms with Gasteiger partial charge in [0.2, 0.25) is 5.88 Å². The number of para-hydroxylation sites is 1. The molecule has 5 aliphatic heterocycles. The number of methoxy groups -OCH3 is 1. The minimum atomic E-state index is -4.71. The number of aromatic amines is 1. The van der Waals surface area contributed by atoms with Crippen molar-refractivity contribution < 1.29 is 51.3 Å². The molecule has 24 heteroatoms. The van der Waals surface area contributed by atoms with E-state index in [1.165, 1.54) is 23.9 Å². The molecule has 6 aromatic rings. The standard InChI is InChI=1S/C65H80FN11O11S/c1-41(2)87-57-8-6-5-7-47(57)56-39-72(38-43-29-58(84-4)61(69-36-43)74-24-27-85-28-25-74)22-23-75(56)45-33-65(34-45)18-20-73(21-19-65)44-9-11-48(53(30-44)76-52-15-26-86-40-59(52)88-63-55(76)32-49-50(66)37-68-60(49)70-63)62(78)71-89(82,83)46-10-12-51(54(31-46)77(80)81)67-35-42-13-16-64(3,79)17-14-42/h5-12,29-32,36-37,41-42,45,52,56,59,67,79H,13-28,33-35,38-40H2,1-4H3,(H,68,70)(H,71,78)/t42-,52-,56+,59-,64-/m0/s1. The van der Waals surface area contributed by atoms with Crippen LogP contribution in [0.15, 0.2) is 90.1 Å². The molecule has 4 N–H and O–H groups in total. The molecule has 6 fully saturated rings. The van der Waals surface area contributed by atoms with Crippen molar-refractivity contribution in [2.24, 2.45) is 11.3 Å². The fraction of sp³-hybridized carbons (Fsp3) is 0.523. The molecule has 3 atom stereocenters. The second-order valence-corrected chi connectivity index (χ2v) is 27.6. The van der Waals surface area contributed by atoms with E-state index in [1.54, 1.807) is 26.2 Å². The summed E-state index contributed by atoms with van der Waals surface area (Å²) in [6.07, 6.45) is 9.80. The van der Waals surface area contributed by atoms with Crippen LogP contribution in [0, 0.1) is 27.3 Å². The van der Waals surface area contributed by atoms with Crippen LogP contribution in [0.4, 0.5) is 38.6 Å². The maximum atomic E-state index is 15.5. The van der Waals surface area contributed by atoms with Crippen LogP contribution in [0.1, 0.15) is 106 Å². The quantitative estimate of drug-likeness (QED) is 0.0491. The van der Waals surface area contributed by atoms with E-state index in [9.17, 15) is 28.4 Å². The lowest BCUT2D eigenvalue weighted by Crippen LogP contribution is -2.59. The Bertz CT molecular complexity index is 3710. The number of carbonyl (C=O) groups is 1. The summed E-state index contributed by atoms with van der Waals surface area (Å²) < 4.78 is 76.8. The van der Waals surface area contributed by atoms with Crippen molar-refractivity contribution in [1.82, 2.24) is 29.5 Å². The van der Waals surface area contributed by atoms with E-state index in [0.29, 0.717) is 63.0 Å². The van der Waals surface area contributed by atoms with Crippen molar-refractivity contribution in [1.29, 1.82) is 0 Å². The molecule has 0 bridgehead atoms. The van der Waals surface area contributed by atoms with Crippen LogP contribution >= 0.6 is 0 Å². The Morgan fingerprint density at radius 1 is 0.921 bits per heavy atom. The molecule has 7 aliphatic rings. The summed E-state index contributed by atoms with van der Waals surface area (Å²) in [6, 6.07) is 21.2. The summed E-state index contributed by atoms with van der Waals surface area (Å²) >= 11 is 0. The SMILES string of the molecule is COc1cc(CN2CCN(C3CC4(CCN(c5ccc(C(=O)NS(=O)(=O)c6ccc(NC[C@H]7CC[C@](C)(O)CC7)c([N+](=O)[O-])c6)c(N6c7cc8c(F)c[nH]c8nc7O[C@H]7COCC[C@@H]76)c5)CC4)C3)[C@@H](c3ccccc3OC(C)C)C2)cnc1N1CCOCC1. The number of anilines is 5. The maximum Gasteiger partial charge on any atom is 0.293 e. The lowest BCUT2D eigenvalue weighted by atomic mass is 9.59. The number of hydrogen-bond donors (Lipinski definition) is 4.